The maximum absolute atomic E-state index is 13.4. The van der Waals surface area contributed by atoms with Gasteiger partial charge in [0.2, 0.25) is 5.82 Å². The molecular weight excluding hydrogens is 287 g/mol. The van der Waals surface area contributed by atoms with Gasteiger partial charge in [0.25, 0.3) is 0 Å². The Bertz CT molecular complexity index is 551. The minimum atomic E-state index is -1.37. The van der Waals surface area contributed by atoms with Gasteiger partial charge in [0, 0.05) is 0 Å². The summed E-state index contributed by atoms with van der Waals surface area (Å²) >= 11 is 0. The van der Waals surface area contributed by atoms with E-state index in [9.17, 15) is 18.0 Å². The van der Waals surface area contributed by atoms with Gasteiger partial charge in [-0.05, 0) is 32.9 Å². The van der Waals surface area contributed by atoms with Gasteiger partial charge >= 0.3 is 6.09 Å². The van der Waals surface area contributed by atoms with Crippen LogP contribution in [0.5, 0.6) is 5.75 Å². The van der Waals surface area contributed by atoms with Gasteiger partial charge in [0.15, 0.2) is 17.4 Å². The Labute approximate surface area is 120 Å². The molecule has 1 aromatic carbocycles. The van der Waals surface area contributed by atoms with Crippen molar-refractivity contribution in [3.8, 4) is 5.75 Å². The van der Waals surface area contributed by atoms with Crippen molar-refractivity contribution in [1.29, 1.82) is 0 Å². The van der Waals surface area contributed by atoms with Gasteiger partial charge in [-0.2, -0.15) is 4.39 Å². The van der Waals surface area contributed by atoms with Crippen molar-refractivity contribution in [3.05, 3.63) is 29.6 Å². The second-order valence-corrected chi connectivity index (χ2v) is 5.80. The molecule has 1 saturated heterocycles. The summed E-state index contributed by atoms with van der Waals surface area (Å²) in [6.45, 7) is 5.46. The molecule has 0 radical (unpaired) electrons. The van der Waals surface area contributed by atoms with E-state index in [1.54, 1.807) is 20.8 Å². The summed E-state index contributed by atoms with van der Waals surface area (Å²) < 4.78 is 50.0. The lowest BCUT2D eigenvalue weighted by Crippen LogP contribution is -2.57. The molecule has 2 rings (SSSR count). The van der Waals surface area contributed by atoms with Crippen LogP contribution in [0, 0.1) is 17.5 Å². The number of likely N-dealkylation sites (tertiary alicyclic amines) is 1. The van der Waals surface area contributed by atoms with E-state index < -0.39 is 41.0 Å². The molecule has 1 heterocycles. The molecule has 0 aromatic heterocycles. The molecule has 0 spiro atoms. The molecule has 0 saturated carbocycles. The highest BCUT2D eigenvalue weighted by molar-refractivity contribution is 5.69. The first kappa shape index (κ1) is 15.5. The summed E-state index contributed by atoms with van der Waals surface area (Å²) in [7, 11) is 0. The van der Waals surface area contributed by atoms with Crippen LogP contribution < -0.4 is 4.74 Å². The number of benzene rings is 1. The van der Waals surface area contributed by atoms with Crippen molar-refractivity contribution in [2.75, 3.05) is 13.1 Å². The Morgan fingerprint density at radius 3 is 2.33 bits per heavy atom. The van der Waals surface area contributed by atoms with Crippen LogP contribution in [-0.2, 0) is 4.74 Å². The summed E-state index contributed by atoms with van der Waals surface area (Å²) in [4.78, 5) is 13.0. The first-order chi connectivity index (χ1) is 9.67. The predicted octanol–water partition coefficient (Wildman–Crippen LogP) is 3.10. The molecule has 4 nitrogen and oxygen atoms in total. The minimum Gasteiger partial charge on any atom is -0.481 e. The number of ether oxygens (including phenoxy) is 2. The number of carbonyl (C=O) groups is 1. The molecular formula is C14H16F3NO3. The Morgan fingerprint density at radius 1 is 1.19 bits per heavy atom. The lowest BCUT2D eigenvalue weighted by Gasteiger charge is -2.39. The maximum atomic E-state index is 13.4. The normalized spacial score (nSPS) is 15.6. The van der Waals surface area contributed by atoms with E-state index in [4.69, 9.17) is 9.47 Å². The Morgan fingerprint density at radius 2 is 1.76 bits per heavy atom. The van der Waals surface area contributed by atoms with E-state index in [-0.39, 0.29) is 13.1 Å². The molecule has 1 aliphatic rings. The summed E-state index contributed by atoms with van der Waals surface area (Å²) in [5.41, 5.74) is -0.621. The molecule has 0 unspecified atom stereocenters. The summed E-state index contributed by atoms with van der Waals surface area (Å²) in [5.74, 6) is -4.30. The van der Waals surface area contributed by atoms with E-state index >= 15 is 0 Å². The van der Waals surface area contributed by atoms with Crippen LogP contribution in [0.2, 0.25) is 0 Å². The van der Waals surface area contributed by atoms with Crippen LogP contribution in [0.3, 0.4) is 0 Å². The van der Waals surface area contributed by atoms with Crippen molar-refractivity contribution in [3.63, 3.8) is 0 Å². The average molecular weight is 303 g/mol. The van der Waals surface area contributed by atoms with Crippen LogP contribution in [0.15, 0.2) is 12.1 Å². The molecule has 21 heavy (non-hydrogen) atoms. The zero-order valence-electron chi connectivity index (χ0n) is 12.0. The molecule has 1 aromatic rings. The highest BCUT2D eigenvalue weighted by Gasteiger charge is 2.36. The van der Waals surface area contributed by atoms with E-state index in [0.29, 0.717) is 6.07 Å². The van der Waals surface area contributed by atoms with E-state index in [2.05, 4.69) is 0 Å². The fourth-order valence-electron chi connectivity index (χ4n) is 1.77. The monoisotopic (exact) mass is 303 g/mol. The van der Waals surface area contributed by atoms with E-state index in [1.807, 2.05) is 0 Å². The third-order valence-electron chi connectivity index (χ3n) is 2.79. The van der Waals surface area contributed by atoms with Crippen molar-refractivity contribution >= 4 is 6.09 Å². The average Bonchev–Trinajstić information content (AvgIpc) is 2.29. The number of halogens is 3. The van der Waals surface area contributed by atoms with Gasteiger partial charge in [0.1, 0.15) is 11.7 Å². The third kappa shape index (κ3) is 3.59. The molecule has 0 N–H and O–H groups in total. The second kappa shape index (κ2) is 5.46. The van der Waals surface area contributed by atoms with Crippen LogP contribution in [0.4, 0.5) is 18.0 Å². The summed E-state index contributed by atoms with van der Waals surface area (Å²) in [6, 6.07) is 1.48. The zero-order valence-corrected chi connectivity index (χ0v) is 12.0. The highest BCUT2D eigenvalue weighted by Crippen LogP contribution is 2.27. The largest absolute Gasteiger partial charge is 0.481 e. The van der Waals surface area contributed by atoms with Gasteiger partial charge in [-0.25, -0.2) is 13.6 Å². The van der Waals surface area contributed by atoms with Gasteiger partial charge in [-0.15, -0.1) is 0 Å². The number of rotatable bonds is 2. The smallest absolute Gasteiger partial charge is 0.410 e. The zero-order chi connectivity index (χ0) is 15.8. The van der Waals surface area contributed by atoms with Crippen molar-refractivity contribution in [1.82, 2.24) is 4.90 Å². The fraction of sp³-hybridized carbons (Fsp3) is 0.500. The summed E-state index contributed by atoms with van der Waals surface area (Å²) in [6.07, 6.45) is -1.12. The van der Waals surface area contributed by atoms with Crippen molar-refractivity contribution in [2.24, 2.45) is 0 Å². The van der Waals surface area contributed by atoms with Crippen molar-refractivity contribution in [2.45, 2.75) is 32.5 Å². The number of nitrogens with zero attached hydrogens (tertiary/aromatic N) is 1. The quantitative estimate of drug-likeness (QED) is 0.788. The first-order valence-electron chi connectivity index (χ1n) is 6.45. The van der Waals surface area contributed by atoms with Crippen LogP contribution in [0.1, 0.15) is 20.8 Å². The molecule has 7 heteroatoms. The second-order valence-electron chi connectivity index (χ2n) is 5.80. The van der Waals surface area contributed by atoms with Crippen molar-refractivity contribution < 1.29 is 27.4 Å². The highest BCUT2D eigenvalue weighted by atomic mass is 19.2. The van der Waals surface area contributed by atoms with Gasteiger partial charge in [-0.1, -0.05) is 0 Å². The molecule has 1 aliphatic heterocycles. The van der Waals surface area contributed by atoms with Crippen LogP contribution >= 0.6 is 0 Å². The summed E-state index contributed by atoms with van der Waals surface area (Å²) in [5, 5.41) is 0. The van der Waals surface area contributed by atoms with Gasteiger partial charge in [0.05, 0.1) is 13.1 Å². The molecule has 0 aliphatic carbocycles. The Hall–Kier alpha value is -1.92. The Kier molecular flexibility index (Phi) is 4.02. The lowest BCUT2D eigenvalue weighted by atomic mass is 10.1. The number of hydrogen-bond acceptors (Lipinski definition) is 3. The van der Waals surface area contributed by atoms with E-state index in [1.165, 1.54) is 4.90 Å². The lowest BCUT2D eigenvalue weighted by molar-refractivity contribution is -0.0239. The number of carbonyl (C=O) groups excluding carboxylic acids is 1. The predicted molar refractivity (Wildman–Crippen MR) is 68.5 cm³/mol. The fourth-order valence-corrected chi connectivity index (χ4v) is 1.77. The minimum absolute atomic E-state index is 0.129. The number of amides is 1. The van der Waals surface area contributed by atoms with Gasteiger partial charge < -0.3 is 14.4 Å². The molecule has 0 bridgehead atoms. The molecule has 1 fully saturated rings. The third-order valence-corrected chi connectivity index (χ3v) is 2.79. The topological polar surface area (TPSA) is 38.8 Å². The number of hydrogen-bond donors (Lipinski definition) is 0. The first-order valence-corrected chi connectivity index (χ1v) is 6.45. The van der Waals surface area contributed by atoms with Gasteiger partial charge in [-0.3, -0.25) is 0 Å². The Balaban J connectivity index is 1.92. The van der Waals surface area contributed by atoms with E-state index in [0.717, 1.165) is 6.07 Å². The molecule has 1 amide bonds. The molecule has 116 valence electrons. The van der Waals surface area contributed by atoms with Crippen LogP contribution in [-0.4, -0.2) is 35.8 Å². The SMILES string of the molecule is CC(C)(C)OC(=O)N1CC(Oc2c(F)ccc(F)c2F)C1. The maximum Gasteiger partial charge on any atom is 0.410 e. The standard InChI is InChI=1S/C14H16F3NO3/c1-14(2,3)21-13(19)18-6-8(7-18)20-12-10(16)5-4-9(15)11(12)17/h4-5,8H,6-7H2,1-3H3. The molecule has 0 atom stereocenters. The van der Waals surface area contributed by atoms with Crippen LogP contribution in [0.25, 0.3) is 0 Å².